The topological polar surface area (TPSA) is 107 Å². The number of nitrogens with zero attached hydrogens (tertiary/aromatic N) is 1. The van der Waals surface area contributed by atoms with E-state index < -0.39 is 28.1 Å². The molecule has 0 radical (unpaired) electrons. The molecule has 0 saturated carbocycles. The van der Waals surface area contributed by atoms with Gasteiger partial charge in [-0.3, -0.25) is 4.79 Å². The summed E-state index contributed by atoms with van der Waals surface area (Å²) in [4.78, 5) is 10.8. The van der Waals surface area contributed by atoms with E-state index in [2.05, 4.69) is 4.72 Å². The van der Waals surface area contributed by atoms with Gasteiger partial charge in [0.15, 0.2) is 0 Å². The van der Waals surface area contributed by atoms with E-state index >= 15 is 0 Å². The number of aliphatic hydroxyl groups is 1. The van der Waals surface area contributed by atoms with E-state index in [0.29, 0.717) is 19.4 Å². The summed E-state index contributed by atoms with van der Waals surface area (Å²) in [5.74, 6) is -1.62. The number of carboxylic acids is 1. The van der Waals surface area contributed by atoms with E-state index in [9.17, 15) is 13.2 Å². The largest absolute Gasteiger partial charge is 0.481 e. The highest BCUT2D eigenvalue weighted by atomic mass is 32.2. The lowest BCUT2D eigenvalue weighted by atomic mass is 10.0. The van der Waals surface area contributed by atoms with Crippen LogP contribution in [0.4, 0.5) is 0 Å². The molecular formula is C9H18N2O5S. The van der Waals surface area contributed by atoms with Crippen molar-refractivity contribution in [2.75, 3.05) is 19.7 Å². The van der Waals surface area contributed by atoms with Crippen molar-refractivity contribution < 1.29 is 23.4 Å². The first kappa shape index (κ1) is 14.4. The molecule has 1 fully saturated rings. The zero-order valence-electron chi connectivity index (χ0n) is 9.66. The molecule has 7 nitrogen and oxygen atoms in total. The second kappa shape index (κ2) is 5.76. The molecule has 1 aliphatic rings. The molecule has 1 aliphatic heterocycles. The van der Waals surface area contributed by atoms with Gasteiger partial charge in [-0.1, -0.05) is 0 Å². The highest BCUT2D eigenvalue weighted by Gasteiger charge is 2.32. The summed E-state index contributed by atoms with van der Waals surface area (Å²) in [6.45, 7) is 1.55. The molecule has 17 heavy (non-hydrogen) atoms. The van der Waals surface area contributed by atoms with Crippen LogP contribution in [0.1, 0.15) is 19.8 Å². The lowest BCUT2D eigenvalue weighted by Crippen LogP contribution is -2.50. The minimum Gasteiger partial charge on any atom is -0.481 e. The summed E-state index contributed by atoms with van der Waals surface area (Å²) < 4.78 is 27.1. The molecule has 0 aromatic rings. The highest BCUT2D eigenvalue weighted by molar-refractivity contribution is 7.87. The Morgan fingerprint density at radius 1 is 1.59 bits per heavy atom. The monoisotopic (exact) mass is 266 g/mol. The van der Waals surface area contributed by atoms with Gasteiger partial charge in [0.05, 0.1) is 12.5 Å². The number of aliphatic carboxylic acids is 1. The maximum absolute atomic E-state index is 11.8. The maximum Gasteiger partial charge on any atom is 0.307 e. The van der Waals surface area contributed by atoms with E-state index in [-0.39, 0.29) is 13.2 Å². The summed E-state index contributed by atoms with van der Waals surface area (Å²) in [6, 6.07) is -0.579. The van der Waals surface area contributed by atoms with Crippen molar-refractivity contribution in [2.45, 2.75) is 25.8 Å². The third-order valence-corrected chi connectivity index (χ3v) is 4.41. The highest BCUT2D eigenvalue weighted by Crippen LogP contribution is 2.18. The molecule has 0 aromatic heterocycles. The lowest BCUT2D eigenvalue weighted by Gasteiger charge is -2.30. The molecule has 0 amide bonds. The number of carboxylic acid groups (broad SMARTS) is 1. The number of hydrogen-bond donors (Lipinski definition) is 3. The fourth-order valence-electron chi connectivity index (χ4n) is 1.73. The molecule has 1 heterocycles. The first-order valence-electron chi connectivity index (χ1n) is 5.48. The number of nitrogens with one attached hydrogen (secondary N) is 1. The predicted octanol–water partition coefficient (Wildman–Crippen LogP) is -1.00. The lowest BCUT2D eigenvalue weighted by molar-refractivity contribution is -0.142. The van der Waals surface area contributed by atoms with Crippen LogP contribution in [0.3, 0.4) is 0 Å². The van der Waals surface area contributed by atoms with Crippen molar-refractivity contribution in [3.8, 4) is 0 Å². The standard InChI is InChI=1S/C9H18N2O5S/c1-7(6-12)10-17(15,16)11-4-2-3-8(5-11)9(13)14/h7-8,10,12H,2-6H2,1H3,(H,13,14)/t7-,8?/m1/s1. The fraction of sp³-hybridized carbons (Fsp3) is 0.889. The van der Waals surface area contributed by atoms with Crippen LogP contribution in [0.2, 0.25) is 0 Å². The van der Waals surface area contributed by atoms with Crippen molar-refractivity contribution in [2.24, 2.45) is 5.92 Å². The molecule has 0 bridgehead atoms. The summed E-state index contributed by atoms with van der Waals surface area (Å²) in [5, 5.41) is 17.7. The zero-order valence-corrected chi connectivity index (χ0v) is 10.5. The molecule has 1 saturated heterocycles. The summed E-state index contributed by atoms with van der Waals surface area (Å²) in [7, 11) is -3.70. The predicted molar refractivity (Wildman–Crippen MR) is 60.5 cm³/mol. The minimum atomic E-state index is -3.70. The van der Waals surface area contributed by atoms with Gasteiger partial charge in [-0.25, -0.2) is 0 Å². The molecule has 3 N–H and O–H groups in total. The van der Waals surface area contributed by atoms with Crippen molar-refractivity contribution in [3.63, 3.8) is 0 Å². The van der Waals surface area contributed by atoms with Crippen molar-refractivity contribution >= 4 is 16.2 Å². The molecule has 8 heteroatoms. The second-order valence-corrected chi connectivity index (χ2v) is 5.94. The van der Waals surface area contributed by atoms with Crippen LogP contribution in [0, 0.1) is 5.92 Å². The van der Waals surface area contributed by atoms with Crippen LogP contribution in [0.5, 0.6) is 0 Å². The van der Waals surface area contributed by atoms with Crippen LogP contribution in [0.25, 0.3) is 0 Å². The fourth-order valence-corrected chi connectivity index (χ4v) is 3.21. The molecule has 0 aliphatic carbocycles. The molecule has 1 unspecified atom stereocenters. The van der Waals surface area contributed by atoms with Gasteiger partial charge >= 0.3 is 5.97 Å². The number of aliphatic hydroxyl groups excluding tert-OH is 1. The van der Waals surface area contributed by atoms with E-state index in [1.165, 1.54) is 6.92 Å². The Hall–Kier alpha value is -0.700. The van der Waals surface area contributed by atoms with Gasteiger partial charge in [-0.05, 0) is 19.8 Å². The number of carbonyl (C=O) groups is 1. The molecule has 0 aromatic carbocycles. The Bertz CT molecular complexity index is 370. The van der Waals surface area contributed by atoms with Crippen LogP contribution in [0.15, 0.2) is 0 Å². The minimum absolute atomic E-state index is 0.0111. The van der Waals surface area contributed by atoms with Gasteiger partial charge in [0.2, 0.25) is 0 Å². The molecular weight excluding hydrogens is 248 g/mol. The quantitative estimate of drug-likeness (QED) is 0.591. The van der Waals surface area contributed by atoms with Gasteiger partial charge in [-0.15, -0.1) is 0 Å². The van der Waals surface area contributed by atoms with Gasteiger partial charge < -0.3 is 10.2 Å². The Morgan fingerprint density at radius 3 is 2.76 bits per heavy atom. The second-order valence-electron chi connectivity index (χ2n) is 4.24. The van der Waals surface area contributed by atoms with E-state index in [4.69, 9.17) is 10.2 Å². The van der Waals surface area contributed by atoms with Gasteiger partial charge in [0.1, 0.15) is 0 Å². The van der Waals surface area contributed by atoms with Crippen LogP contribution < -0.4 is 4.72 Å². The van der Waals surface area contributed by atoms with Gasteiger partial charge in [0.25, 0.3) is 10.2 Å². The van der Waals surface area contributed by atoms with Gasteiger partial charge in [-0.2, -0.15) is 17.4 Å². The maximum atomic E-state index is 11.8. The Balaban J connectivity index is 2.68. The van der Waals surface area contributed by atoms with E-state index in [1.54, 1.807) is 0 Å². The molecule has 0 spiro atoms. The van der Waals surface area contributed by atoms with Crippen molar-refractivity contribution in [3.05, 3.63) is 0 Å². The smallest absolute Gasteiger partial charge is 0.307 e. The van der Waals surface area contributed by atoms with Crippen LogP contribution in [-0.4, -0.2) is 54.6 Å². The number of hydrogen-bond acceptors (Lipinski definition) is 4. The van der Waals surface area contributed by atoms with Crippen LogP contribution in [-0.2, 0) is 15.0 Å². The van der Waals surface area contributed by atoms with Gasteiger partial charge in [0, 0.05) is 19.1 Å². The average molecular weight is 266 g/mol. The van der Waals surface area contributed by atoms with E-state index in [1.807, 2.05) is 0 Å². The third-order valence-electron chi connectivity index (χ3n) is 2.70. The Morgan fingerprint density at radius 2 is 2.24 bits per heavy atom. The van der Waals surface area contributed by atoms with E-state index in [0.717, 1.165) is 4.31 Å². The summed E-state index contributed by atoms with van der Waals surface area (Å²) >= 11 is 0. The Labute approximate surface area is 101 Å². The average Bonchev–Trinajstić information content (AvgIpc) is 2.28. The number of rotatable bonds is 5. The third kappa shape index (κ3) is 3.91. The first-order chi connectivity index (χ1) is 7.86. The zero-order chi connectivity index (χ0) is 13.1. The van der Waals surface area contributed by atoms with Crippen molar-refractivity contribution in [1.29, 1.82) is 0 Å². The summed E-state index contributed by atoms with van der Waals surface area (Å²) in [5.41, 5.74) is 0. The summed E-state index contributed by atoms with van der Waals surface area (Å²) in [6.07, 6.45) is 1.03. The van der Waals surface area contributed by atoms with Crippen molar-refractivity contribution in [1.82, 2.24) is 9.03 Å². The molecule has 100 valence electrons. The van der Waals surface area contributed by atoms with Crippen LogP contribution >= 0.6 is 0 Å². The molecule has 2 atom stereocenters. The first-order valence-corrected chi connectivity index (χ1v) is 6.92. The SMILES string of the molecule is C[C@H](CO)NS(=O)(=O)N1CCCC(C(=O)O)C1. The number of piperidine rings is 1. The molecule has 1 rings (SSSR count). The normalized spacial score (nSPS) is 24.5. The Kier molecular flexibility index (Phi) is 4.87.